The highest BCUT2D eigenvalue weighted by Crippen LogP contribution is 2.35. The molecule has 1 aliphatic carbocycles. The Balaban J connectivity index is 0.000000465. The first kappa shape index (κ1) is 21.5. The molecule has 0 atom stereocenters. The Hall–Kier alpha value is -1.79. The van der Waals surface area contributed by atoms with Gasteiger partial charge in [-0.3, -0.25) is 0 Å². The molecule has 2 aromatic rings. The van der Waals surface area contributed by atoms with E-state index in [1.165, 1.54) is 54.5 Å². The zero-order valence-electron chi connectivity index (χ0n) is 16.3. The maximum atomic E-state index is 9.75. The van der Waals surface area contributed by atoms with Crippen molar-refractivity contribution in [3.05, 3.63) is 35.6 Å². The highest BCUT2D eigenvalue weighted by atomic mass is 19.5. The zero-order valence-corrected chi connectivity index (χ0v) is 16.3. The molecule has 1 saturated carbocycles. The van der Waals surface area contributed by atoms with Crippen LogP contribution in [0.2, 0.25) is 0 Å². The normalized spacial score (nSPS) is 15.4. The van der Waals surface area contributed by atoms with Crippen LogP contribution in [0.3, 0.4) is 0 Å². The van der Waals surface area contributed by atoms with E-state index in [1.54, 1.807) is 0 Å². The molecule has 150 valence electrons. The lowest BCUT2D eigenvalue weighted by atomic mass is 9.87. The number of hydrogen-bond donors (Lipinski definition) is 0. The maximum Gasteiger partial charge on any atom is 0.673 e. The highest BCUT2D eigenvalue weighted by molar-refractivity contribution is 6.50. The number of rotatable bonds is 4. The molecule has 2 nitrogen and oxygen atoms in total. The molecule has 0 unspecified atom stereocenters. The van der Waals surface area contributed by atoms with E-state index < -0.39 is 7.25 Å². The van der Waals surface area contributed by atoms with Crippen LogP contribution in [0, 0.1) is 6.92 Å². The lowest BCUT2D eigenvalue weighted by Crippen LogP contribution is -2.21. The second-order valence-electron chi connectivity index (χ2n) is 7.01. The van der Waals surface area contributed by atoms with Gasteiger partial charge in [0.05, 0.1) is 17.4 Å². The summed E-state index contributed by atoms with van der Waals surface area (Å²) < 4.78 is 45.3. The fraction of sp³-hybridized carbons (Fsp3) is 0.550. The minimum absolute atomic E-state index is 0.619. The minimum atomic E-state index is -6.00. The monoisotopic (exact) mass is 385 g/mol. The molecule has 0 aliphatic heterocycles. The number of anilines is 1. The van der Waals surface area contributed by atoms with Gasteiger partial charge in [-0.15, -0.1) is 0 Å². The Morgan fingerprint density at radius 2 is 1.59 bits per heavy atom. The summed E-state index contributed by atoms with van der Waals surface area (Å²) in [7, 11) is -6.00. The standard InChI is InChI=1S/C20H28NO.BF4/c1-4-21(5-2)17-11-12-18-15(3)13-19(22-20(18)14-17)16-9-7-6-8-10-16;2-1(3,4)5/h11-14,16H,4-10H2,1-3H3;/q+1;-1. The van der Waals surface area contributed by atoms with Crippen LogP contribution < -0.4 is 4.90 Å². The number of benzene rings is 1. The summed E-state index contributed by atoms with van der Waals surface area (Å²) in [6, 6.07) is 8.93. The molecule has 0 bridgehead atoms. The fourth-order valence-electron chi connectivity index (χ4n) is 3.74. The van der Waals surface area contributed by atoms with Gasteiger partial charge in [-0.2, -0.15) is 0 Å². The van der Waals surface area contributed by atoms with E-state index in [0.29, 0.717) is 5.92 Å². The van der Waals surface area contributed by atoms with Gasteiger partial charge in [0.2, 0.25) is 0 Å². The summed E-state index contributed by atoms with van der Waals surface area (Å²) in [6.07, 6.45) is 6.64. The molecule has 0 amide bonds. The van der Waals surface area contributed by atoms with Gasteiger partial charge in [0, 0.05) is 24.8 Å². The molecule has 0 radical (unpaired) electrons. The van der Waals surface area contributed by atoms with Crippen molar-refractivity contribution in [3.63, 3.8) is 0 Å². The molecule has 0 N–H and O–H groups in total. The van der Waals surface area contributed by atoms with E-state index in [4.69, 9.17) is 4.42 Å². The van der Waals surface area contributed by atoms with E-state index in [9.17, 15) is 17.3 Å². The lowest BCUT2D eigenvalue weighted by Gasteiger charge is -2.20. The Morgan fingerprint density at radius 3 is 2.15 bits per heavy atom. The van der Waals surface area contributed by atoms with Gasteiger partial charge in [-0.05, 0) is 51.3 Å². The molecule has 1 aromatic carbocycles. The van der Waals surface area contributed by atoms with Crippen LogP contribution in [0.4, 0.5) is 23.0 Å². The first-order chi connectivity index (χ1) is 12.7. The molecule has 0 saturated heterocycles. The SMILES string of the molecule is CCN(CC)c1ccc2c(C)cc(C3CCCCC3)[o+]c2c1.F[B-](F)(F)F. The van der Waals surface area contributed by atoms with Crippen LogP contribution in [0.25, 0.3) is 11.0 Å². The number of nitrogens with zero attached hydrogens (tertiary/aromatic N) is 1. The third-order valence-electron chi connectivity index (χ3n) is 5.11. The van der Waals surface area contributed by atoms with Crippen LogP contribution in [0.15, 0.2) is 28.7 Å². The number of hydrogen-bond acceptors (Lipinski definition) is 1. The fourth-order valence-corrected chi connectivity index (χ4v) is 3.74. The minimum Gasteiger partial charge on any atom is -0.418 e. The largest absolute Gasteiger partial charge is 0.673 e. The topological polar surface area (TPSA) is 14.5 Å². The molecular formula is C20H28BF4NO. The average Bonchev–Trinajstić information content (AvgIpc) is 2.62. The van der Waals surface area contributed by atoms with Gasteiger partial charge in [-0.25, -0.2) is 4.42 Å². The summed E-state index contributed by atoms with van der Waals surface area (Å²) in [4.78, 5) is 2.37. The van der Waals surface area contributed by atoms with Crippen LogP contribution in [0.5, 0.6) is 0 Å². The van der Waals surface area contributed by atoms with Gasteiger partial charge in [0.1, 0.15) is 0 Å². The van der Waals surface area contributed by atoms with E-state index in [0.717, 1.165) is 18.7 Å². The van der Waals surface area contributed by atoms with Crippen molar-refractivity contribution < 1.29 is 21.7 Å². The van der Waals surface area contributed by atoms with Crippen molar-refractivity contribution in [2.75, 3.05) is 18.0 Å². The van der Waals surface area contributed by atoms with Crippen LogP contribution in [-0.2, 0) is 0 Å². The number of fused-ring (bicyclic) bond motifs is 1. The lowest BCUT2D eigenvalue weighted by molar-refractivity contribution is 0.368. The summed E-state index contributed by atoms with van der Waals surface area (Å²) in [5.74, 6) is 1.82. The van der Waals surface area contributed by atoms with E-state index in [1.807, 2.05) is 0 Å². The second-order valence-corrected chi connectivity index (χ2v) is 7.01. The Labute approximate surface area is 158 Å². The quantitative estimate of drug-likeness (QED) is 0.314. The number of halogens is 4. The zero-order chi connectivity index (χ0) is 20.0. The van der Waals surface area contributed by atoms with Crippen molar-refractivity contribution in [1.82, 2.24) is 0 Å². The van der Waals surface area contributed by atoms with Crippen molar-refractivity contribution in [2.24, 2.45) is 0 Å². The summed E-state index contributed by atoms with van der Waals surface area (Å²) in [6.45, 7) is 8.68. The van der Waals surface area contributed by atoms with Gasteiger partial charge in [0.25, 0.3) is 0 Å². The van der Waals surface area contributed by atoms with Crippen molar-refractivity contribution in [3.8, 4) is 0 Å². The summed E-state index contributed by atoms with van der Waals surface area (Å²) in [5.41, 5.74) is 3.65. The molecule has 27 heavy (non-hydrogen) atoms. The van der Waals surface area contributed by atoms with Crippen molar-refractivity contribution in [2.45, 2.75) is 58.8 Å². The molecule has 1 fully saturated rings. The van der Waals surface area contributed by atoms with Gasteiger partial charge in [0.15, 0.2) is 0 Å². The molecule has 0 spiro atoms. The maximum absolute atomic E-state index is 9.75. The first-order valence-electron chi connectivity index (χ1n) is 9.72. The van der Waals surface area contributed by atoms with Gasteiger partial charge < -0.3 is 22.2 Å². The van der Waals surface area contributed by atoms with Crippen LogP contribution >= 0.6 is 0 Å². The van der Waals surface area contributed by atoms with Crippen LogP contribution in [-0.4, -0.2) is 20.3 Å². The van der Waals surface area contributed by atoms with E-state index in [2.05, 4.69) is 49.9 Å². The van der Waals surface area contributed by atoms with Gasteiger partial charge >= 0.3 is 18.6 Å². The van der Waals surface area contributed by atoms with E-state index in [-0.39, 0.29) is 0 Å². The highest BCUT2D eigenvalue weighted by Gasteiger charge is 2.27. The first-order valence-corrected chi connectivity index (χ1v) is 9.72. The Bertz CT molecular complexity index is 735. The Morgan fingerprint density at radius 1 is 1.00 bits per heavy atom. The predicted octanol–water partition coefficient (Wildman–Crippen LogP) is 7.22. The van der Waals surface area contributed by atoms with Crippen molar-refractivity contribution in [1.29, 1.82) is 0 Å². The van der Waals surface area contributed by atoms with E-state index >= 15 is 0 Å². The molecule has 7 heteroatoms. The third-order valence-corrected chi connectivity index (χ3v) is 5.11. The predicted molar refractivity (Wildman–Crippen MR) is 105 cm³/mol. The smallest absolute Gasteiger partial charge is 0.418 e. The second kappa shape index (κ2) is 9.42. The molecular weight excluding hydrogens is 357 g/mol. The molecule has 1 aliphatic rings. The average molecular weight is 385 g/mol. The third kappa shape index (κ3) is 6.40. The molecule has 3 rings (SSSR count). The van der Waals surface area contributed by atoms with Crippen molar-refractivity contribution >= 4 is 23.9 Å². The molecule has 1 aromatic heterocycles. The van der Waals surface area contributed by atoms with Crippen LogP contribution in [0.1, 0.15) is 63.2 Å². The Kier molecular flexibility index (Phi) is 7.51. The summed E-state index contributed by atoms with van der Waals surface area (Å²) in [5, 5.41) is 1.25. The van der Waals surface area contributed by atoms with Gasteiger partial charge in [-0.1, -0.05) is 19.3 Å². The number of aryl methyl sites for hydroxylation is 1. The summed E-state index contributed by atoms with van der Waals surface area (Å²) >= 11 is 0. The molecule has 1 heterocycles.